The molecule has 1 heterocycles. The number of rotatable bonds is 2. The molecule has 2 N–H and O–H groups in total. The molecule has 2 rings (SSSR count). The van der Waals surface area contributed by atoms with E-state index in [0.717, 1.165) is 11.1 Å². The van der Waals surface area contributed by atoms with Crippen LogP contribution in [0.5, 0.6) is 0 Å². The Morgan fingerprint density at radius 3 is 2.27 bits per heavy atom. The molecule has 15 heavy (non-hydrogen) atoms. The van der Waals surface area contributed by atoms with Crippen LogP contribution < -0.4 is 5.66 Å². The topological polar surface area (TPSA) is 53.6 Å². The minimum atomic E-state index is -1.55. The molecule has 0 atom stereocenters. The van der Waals surface area contributed by atoms with Crippen LogP contribution in [0.15, 0.2) is 41.0 Å². The first-order valence-electron chi connectivity index (χ1n) is 4.68. The Balaban J connectivity index is 2.33. The Morgan fingerprint density at radius 2 is 1.73 bits per heavy atom. The van der Waals surface area contributed by atoms with E-state index in [4.69, 9.17) is 14.5 Å². The summed E-state index contributed by atoms with van der Waals surface area (Å²) in [5, 5.41) is 17.8. The van der Waals surface area contributed by atoms with Crippen LogP contribution in [0.25, 0.3) is 11.1 Å². The average molecular weight is 202 g/mol. The molecule has 0 aliphatic heterocycles. The van der Waals surface area contributed by atoms with Crippen LogP contribution in [0, 0.1) is 6.92 Å². The second-order valence-electron chi connectivity index (χ2n) is 3.48. The molecule has 1 aromatic carbocycles. The van der Waals surface area contributed by atoms with Crippen LogP contribution in [0.2, 0.25) is 0 Å². The standard InChI is InChI=1S/C11H11BO3/c1-8-2-4-9(5-3-8)10-6-11(12(13)14)15-7-10/h2-7,13-14H,1H3. The molecule has 2 aromatic rings. The number of benzene rings is 1. The van der Waals surface area contributed by atoms with Gasteiger partial charge in [-0.2, -0.15) is 0 Å². The molecule has 0 saturated heterocycles. The Labute approximate surface area is 88.1 Å². The van der Waals surface area contributed by atoms with E-state index >= 15 is 0 Å². The van der Waals surface area contributed by atoms with Crippen LogP contribution in [-0.2, 0) is 0 Å². The van der Waals surface area contributed by atoms with E-state index in [0.29, 0.717) is 0 Å². The minimum absolute atomic E-state index is 0.158. The summed E-state index contributed by atoms with van der Waals surface area (Å²) in [6.07, 6.45) is 1.51. The molecular weight excluding hydrogens is 191 g/mol. The first kappa shape index (κ1) is 10.0. The van der Waals surface area contributed by atoms with E-state index in [1.165, 1.54) is 11.8 Å². The van der Waals surface area contributed by atoms with Gasteiger partial charge in [-0.05, 0) is 18.6 Å². The van der Waals surface area contributed by atoms with E-state index in [-0.39, 0.29) is 5.66 Å². The average Bonchev–Trinajstić information content (AvgIpc) is 2.68. The molecule has 0 unspecified atom stereocenters. The lowest BCUT2D eigenvalue weighted by atomic mass is 9.87. The van der Waals surface area contributed by atoms with E-state index in [2.05, 4.69) is 0 Å². The summed E-state index contributed by atoms with van der Waals surface area (Å²) in [5.41, 5.74) is 3.18. The van der Waals surface area contributed by atoms with Crippen molar-refractivity contribution in [3.05, 3.63) is 42.2 Å². The SMILES string of the molecule is Cc1ccc(-c2coc(B(O)O)c2)cc1. The van der Waals surface area contributed by atoms with Crippen molar-refractivity contribution in [2.45, 2.75) is 6.92 Å². The number of aryl methyl sites for hydroxylation is 1. The largest absolute Gasteiger partial charge is 0.526 e. The lowest BCUT2D eigenvalue weighted by Crippen LogP contribution is -2.27. The number of furan rings is 1. The van der Waals surface area contributed by atoms with E-state index in [1.54, 1.807) is 6.07 Å². The van der Waals surface area contributed by atoms with Gasteiger partial charge in [0.2, 0.25) is 0 Å². The normalized spacial score (nSPS) is 10.3. The van der Waals surface area contributed by atoms with Gasteiger partial charge in [-0.1, -0.05) is 29.8 Å². The predicted molar refractivity (Wildman–Crippen MR) is 58.7 cm³/mol. The Hall–Kier alpha value is -1.52. The smallest absolute Gasteiger partial charge is 0.472 e. The maximum atomic E-state index is 8.89. The van der Waals surface area contributed by atoms with Crippen LogP contribution in [-0.4, -0.2) is 17.2 Å². The van der Waals surface area contributed by atoms with Gasteiger partial charge in [-0.3, -0.25) is 0 Å². The second-order valence-corrected chi connectivity index (χ2v) is 3.48. The van der Waals surface area contributed by atoms with Gasteiger partial charge >= 0.3 is 7.12 Å². The fraction of sp³-hybridized carbons (Fsp3) is 0.0909. The van der Waals surface area contributed by atoms with E-state index in [9.17, 15) is 0 Å². The van der Waals surface area contributed by atoms with Crippen LogP contribution in [0.1, 0.15) is 5.56 Å². The third-order valence-corrected chi connectivity index (χ3v) is 2.26. The van der Waals surface area contributed by atoms with Crippen LogP contribution >= 0.6 is 0 Å². The fourth-order valence-corrected chi connectivity index (χ4v) is 1.39. The Bertz CT molecular complexity index is 445. The van der Waals surface area contributed by atoms with E-state index < -0.39 is 7.12 Å². The van der Waals surface area contributed by atoms with Crippen molar-refractivity contribution in [1.29, 1.82) is 0 Å². The zero-order valence-corrected chi connectivity index (χ0v) is 8.34. The number of hydrogen-bond donors (Lipinski definition) is 2. The predicted octanol–water partition coefficient (Wildman–Crippen LogP) is 0.935. The first-order valence-corrected chi connectivity index (χ1v) is 4.68. The van der Waals surface area contributed by atoms with Crippen LogP contribution in [0.3, 0.4) is 0 Å². The zero-order valence-electron chi connectivity index (χ0n) is 8.34. The molecule has 0 aliphatic rings. The van der Waals surface area contributed by atoms with Crippen LogP contribution in [0.4, 0.5) is 0 Å². The third kappa shape index (κ3) is 2.11. The first-order chi connectivity index (χ1) is 7.16. The van der Waals surface area contributed by atoms with Crippen molar-refractivity contribution < 1.29 is 14.5 Å². The van der Waals surface area contributed by atoms with E-state index in [1.807, 2.05) is 31.2 Å². The zero-order chi connectivity index (χ0) is 10.8. The minimum Gasteiger partial charge on any atom is -0.472 e. The quantitative estimate of drug-likeness (QED) is 0.712. The molecule has 1 aromatic heterocycles. The highest BCUT2D eigenvalue weighted by Crippen LogP contribution is 2.19. The van der Waals surface area contributed by atoms with Gasteiger partial charge in [0.25, 0.3) is 0 Å². The summed E-state index contributed by atoms with van der Waals surface area (Å²) in [4.78, 5) is 0. The lowest BCUT2D eigenvalue weighted by molar-refractivity contribution is 0.409. The molecule has 76 valence electrons. The summed E-state index contributed by atoms with van der Waals surface area (Å²) in [5.74, 6) is 0. The van der Waals surface area contributed by atoms with Gasteiger partial charge in [-0.15, -0.1) is 0 Å². The molecule has 0 fully saturated rings. The summed E-state index contributed by atoms with van der Waals surface area (Å²) < 4.78 is 5.01. The van der Waals surface area contributed by atoms with Gasteiger partial charge in [0.05, 0.1) is 6.26 Å². The van der Waals surface area contributed by atoms with Gasteiger partial charge in [0.1, 0.15) is 5.66 Å². The molecule has 0 spiro atoms. The summed E-state index contributed by atoms with van der Waals surface area (Å²) in [6.45, 7) is 2.02. The highest BCUT2D eigenvalue weighted by molar-refractivity contribution is 6.57. The summed E-state index contributed by atoms with van der Waals surface area (Å²) in [6, 6.07) is 9.55. The van der Waals surface area contributed by atoms with Crippen molar-refractivity contribution in [3.63, 3.8) is 0 Å². The third-order valence-electron chi connectivity index (χ3n) is 2.26. The highest BCUT2D eigenvalue weighted by Gasteiger charge is 2.16. The Morgan fingerprint density at radius 1 is 1.07 bits per heavy atom. The summed E-state index contributed by atoms with van der Waals surface area (Å²) >= 11 is 0. The molecule has 0 saturated carbocycles. The molecule has 0 amide bonds. The molecule has 4 heteroatoms. The van der Waals surface area contributed by atoms with Gasteiger partial charge in [0, 0.05) is 5.56 Å². The molecule has 3 nitrogen and oxygen atoms in total. The van der Waals surface area contributed by atoms with Crippen molar-refractivity contribution >= 4 is 12.8 Å². The monoisotopic (exact) mass is 202 g/mol. The van der Waals surface area contributed by atoms with Crippen molar-refractivity contribution in [2.75, 3.05) is 0 Å². The maximum absolute atomic E-state index is 8.89. The second kappa shape index (κ2) is 3.92. The number of hydrogen-bond acceptors (Lipinski definition) is 3. The fourth-order valence-electron chi connectivity index (χ4n) is 1.39. The highest BCUT2D eigenvalue weighted by atomic mass is 16.4. The van der Waals surface area contributed by atoms with Gasteiger partial charge < -0.3 is 14.5 Å². The van der Waals surface area contributed by atoms with Crippen molar-refractivity contribution in [1.82, 2.24) is 0 Å². The molecular formula is C11H11BO3. The summed E-state index contributed by atoms with van der Waals surface area (Å²) in [7, 11) is -1.55. The van der Waals surface area contributed by atoms with Gasteiger partial charge in [0.15, 0.2) is 0 Å². The molecule has 0 bridgehead atoms. The molecule has 0 aliphatic carbocycles. The van der Waals surface area contributed by atoms with Gasteiger partial charge in [-0.25, -0.2) is 0 Å². The maximum Gasteiger partial charge on any atom is 0.526 e. The Kier molecular flexibility index (Phi) is 2.62. The lowest BCUT2D eigenvalue weighted by Gasteiger charge is -1.96. The van der Waals surface area contributed by atoms with Crippen molar-refractivity contribution in [3.8, 4) is 11.1 Å². The molecule has 0 radical (unpaired) electrons. The van der Waals surface area contributed by atoms with Crippen molar-refractivity contribution in [2.24, 2.45) is 0 Å².